The highest BCUT2D eigenvalue weighted by Crippen LogP contribution is 2.16. The monoisotopic (exact) mass is 254 g/mol. The topological polar surface area (TPSA) is 24.9 Å². The molecule has 3 rings (SSSR count). The van der Waals surface area contributed by atoms with Crippen molar-refractivity contribution in [2.24, 2.45) is 0 Å². The zero-order valence-electron chi connectivity index (χ0n) is 9.97. The van der Waals surface area contributed by atoms with Crippen molar-refractivity contribution in [2.75, 3.05) is 0 Å². The summed E-state index contributed by atoms with van der Waals surface area (Å²) in [4.78, 5) is 5.74. The van der Waals surface area contributed by atoms with Crippen LogP contribution in [-0.4, -0.2) is 4.98 Å². The molecule has 0 atom stereocenters. The van der Waals surface area contributed by atoms with Crippen molar-refractivity contribution in [3.8, 4) is 0 Å². The Labute approximate surface area is 110 Å². The van der Waals surface area contributed by atoms with Gasteiger partial charge in [0.1, 0.15) is 0 Å². The van der Waals surface area contributed by atoms with Gasteiger partial charge in [0.2, 0.25) is 0 Å². The van der Waals surface area contributed by atoms with E-state index in [4.69, 9.17) is 0 Å². The smallest absolute Gasteiger partial charge is 0.0705 e. The van der Waals surface area contributed by atoms with Gasteiger partial charge >= 0.3 is 0 Å². The molecule has 2 nitrogen and oxygen atoms in total. The van der Waals surface area contributed by atoms with E-state index in [9.17, 15) is 0 Å². The summed E-state index contributed by atoms with van der Waals surface area (Å²) in [5.74, 6) is 0. The maximum absolute atomic E-state index is 4.37. The Bertz CT molecular complexity index is 627. The first-order valence-corrected chi connectivity index (χ1v) is 6.87. The molecule has 0 unspecified atom stereocenters. The molecule has 18 heavy (non-hydrogen) atoms. The van der Waals surface area contributed by atoms with E-state index >= 15 is 0 Å². The van der Waals surface area contributed by atoms with Gasteiger partial charge in [-0.25, -0.2) is 0 Å². The van der Waals surface area contributed by atoms with Crippen LogP contribution in [0, 0.1) is 0 Å². The fourth-order valence-electron chi connectivity index (χ4n) is 2.05. The molecule has 3 heteroatoms. The number of aromatic nitrogens is 1. The van der Waals surface area contributed by atoms with Crippen LogP contribution >= 0.6 is 11.3 Å². The van der Waals surface area contributed by atoms with Crippen LogP contribution in [0.1, 0.15) is 10.4 Å². The van der Waals surface area contributed by atoms with E-state index in [1.54, 1.807) is 11.3 Å². The molecule has 0 amide bonds. The number of hydrogen-bond acceptors (Lipinski definition) is 3. The first kappa shape index (κ1) is 11.4. The molecule has 1 aromatic carbocycles. The summed E-state index contributed by atoms with van der Waals surface area (Å²) >= 11 is 1.79. The molecule has 0 aliphatic heterocycles. The molecule has 0 aliphatic carbocycles. The molecule has 1 N–H and O–H groups in total. The fraction of sp³-hybridized carbons (Fsp3) is 0.133. The highest BCUT2D eigenvalue weighted by Gasteiger charge is 2.00. The fourth-order valence-corrected chi connectivity index (χ4v) is 2.73. The molecule has 0 saturated heterocycles. The Kier molecular flexibility index (Phi) is 3.35. The number of benzene rings is 1. The molecule has 0 bridgehead atoms. The Morgan fingerprint density at radius 2 is 2.00 bits per heavy atom. The summed E-state index contributed by atoms with van der Waals surface area (Å²) in [7, 11) is 0. The number of thiophene rings is 1. The number of nitrogens with one attached hydrogen (secondary N) is 1. The Morgan fingerprint density at radius 3 is 2.89 bits per heavy atom. The second kappa shape index (κ2) is 5.29. The van der Waals surface area contributed by atoms with Crippen LogP contribution in [0.3, 0.4) is 0 Å². The largest absolute Gasteiger partial charge is 0.308 e. The summed E-state index contributed by atoms with van der Waals surface area (Å²) < 4.78 is 0. The number of hydrogen-bond donors (Lipinski definition) is 1. The third-order valence-electron chi connectivity index (χ3n) is 2.93. The maximum atomic E-state index is 4.37. The number of rotatable bonds is 4. The lowest BCUT2D eigenvalue weighted by Crippen LogP contribution is -2.12. The van der Waals surface area contributed by atoms with Crippen LogP contribution in [0.4, 0.5) is 0 Å². The van der Waals surface area contributed by atoms with Gasteiger partial charge in [0.25, 0.3) is 0 Å². The molecule has 0 aliphatic rings. The van der Waals surface area contributed by atoms with E-state index in [1.807, 2.05) is 12.3 Å². The van der Waals surface area contributed by atoms with Crippen LogP contribution in [0.25, 0.3) is 10.9 Å². The third kappa shape index (κ3) is 2.42. The predicted octanol–water partition coefficient (Wildman–Crippen LogP) is 3.59. The predicted molar refractivity (Wildman–Crippen MR) is 76.6 cm³/mol. The summed E-state index contributed by atoms with van der Waals surface area (Å²) in [6.07, 6.45) is 1.84. The molecule has 0 fully saturated rings. The molecule has 3 aromatic rings. The summed E-state index contributed by atoms with van der Waals surface area (Å²) in [5, 5.41) is 6.82. The van der Waals surface area contributed by atoms with Crippen molar-refractivity contribution >= 4 is 22.2 Å². The second-order valence-electron chi connectivity index (χ2n) is 4.17. The molecule has 2 aromatic heterocycles. The Hall–Kier alpha value is -1.71. The van der Waals surface area contributed by atoms with Gasteiger partial charge in [0, 0.05) is 29.5 Å². The van der Waals surface area contributed by atoms with E-state index in [1.165, 1.54) is 15.8 Å². The van der Waals surface area contributed by atoms with Gasteiger partial charge in [0.15, 0.2) is 0 Å². The number of fused-ring (bicyclic) bond motifs is 1. The van der Waals surface area contributed by atoms with Crippen LogP contribution in [0.2, 0.25) is 0 Å². The van der Waals surface area contributed by atoms with Gasteiger partial charge < -0.3 is 5.32 Å². The van der Waals surface area contributed by atoms with Crippen LogP contribution < -0.4 is 5.32 Å². The molecular weight excluding hydrogens is 240 g/mol. The lowest BCUT2D eigenvalue weighted by Gasteiger charge is -2.07. The average Bonchev–Trinajstić information content (AvgIpc) is 2.92. The van der Waals surface area contributed by atoms with Gasteiger partial charge in [0.05, 0.1) is 5.52 Å². The molecule has 2 heterocycles. The van der Waals surface area contributed by atoms with Crippen molar-refractivity contribution < 1.29 is 0 Å². The Balaban J connectivity index is 1.74. The molecule has 0 spiro atoms. The van der Waals surface area contributed by atoms with E-state index < -0.39 is 0 Å². The first-order chi connectivity index (χ1) is 8.93. The van der Waals surface area contributed by atoms with E-state index in [0.29, 0.717) is 0 Å². The summed E-state index contributed by atoms with van der Waals surface area (Å²) in [6.45, 7) is 1.80. The standard InChI is InChI=1S/C15H14N2S/c1-4-12(10-16-11-13-5-3-9-18-13)14-6-2-8-17-15(14)7-1/h1-9,16H,10-11H2. The SMILES string of the molecule is c1csc(CNCc2cccc3ncccc23)c1. The van der Waals surface area contributed by atoms with Crippen LogP contribution in [0.15, 0.2) is 54.0 Å². The molecule has 0 radical (unpaired) electrons. The van der Waals surface area contributed by atoms with Crippen molar-refractivity contribution in [3.63, 3.8) is 0 Å². The van der Waals surface area contributed by atoms with Crippen molar-refractivity contribution in [1.82, 2.24) is 10.3 Å². The molecule has 90 valence electrons. The van der Waals surface area contributed by atoms with Crippen molar-refractivity contribution in [3.05, 3.63) is 64.5 Å². The highest BCUT2D eigenvalue weighted by molar-refractivity contribution is 7.09. The normalized spacial score (nSPS) is 10.9. The first-order valence-electron chi connectivity index (χ1n) is 5.99. The minimum absolute atomic E-state index is 0.876. The summed E-state index contributed by atoms with van der Waals surface area (Å²) in [5.41, 5.74) is 2.37. The average molecular weight is 254 g/mol. The zero-order valence-corrected chi connectivity index (χ0v) is 10.8. The van der Waals surface area contributed by atoms with Gasteiger partial charge in [-0.05, 0) is 29.1 Å². The van der Waals surface area contributed by atoms with Crippen molar-refractivity contribution in [2.45, 2.75) is 13.1 Å². The van der Waals surface area contributed by atoms with Crippen LogP contribution in [-0.2, 0) is 13.1 Å². The third-order valence-corrected chi connectivity index (χ3v) is 3.81. The maximum Gasteiger partial charge on any atom is 0.0705 e. The van der Waals surface area contributed by atoms with Gasteiger partial charge in [-0.15, -0.1) is 11.3 Å². The second-order valence-corrected chi connectivity index (χ2v) is 5.20. The Morgan fingerprint density at radius 1 is 1.00 bits per heavy atom. The quantitative estimate of drug-likeness (QED) is 0.769. The molecular formula is C15H14N2S. The lowest BCUT2D eigenvalue weighted by molar-refractivity contribution is 0.704. The highest BCUT2D eigenvalue weighted by atomic mass is 32.1. The van der Waals surface area contributed by atoms with Gasteiger partial charge in [-0.1, -0.05) is 24.3 Å². The van der Waals surface area contributed by atoms with E-state index in [2.05, 4.69) is 52.1 Å². The lowest BCUT2D eigenvalue weighted by atomic mass is 10.1. The number of nitrogens with zero attached hydrogens (tertiary/aromatic N) is 1. The minimum Gasteiger partial charge on any atom is -0.308 e. The van der Waals surface area contributed by atoms with E-state index in [0.717, 1.165) is 18.6 Å². The van der Waals surface area contributed by atoms with Crippen molar-refractivity contribution in [1.29, 1.82) is 0 Å². The van der Waals surface area contributed by atoms with Gasteiger partial charge in [-0.2, -0.15) is 0 Å². The number of pyridine rings is 1. The van der Waals surface area contributed by atoms with E-state index in [-0.39, 0.29) is 0 Å². The zero-order chi connectivity index (χ0) is 12.2. The minimum atomic E-state index is 0.876. The van der Waals surface area contributed by atoms with Crippen LogP contribution in [0.5, 0.6) is 0 Å². The molecule has 0 saturated carbocycles. The van der Waals surface area contributed by atoms with Gasteiger partial charge in [-0.3, -0.25) is 4.98 Å². The summed E-state index contributed by atoms with van der Waals surface area (Å²) in [6, 6.07) is 14.6.